The first-order valence-corrected chi connectivity index (χ1v) is 11.8. The minimum absolute atomic E-state index is 0.247. The van der Waals surface area contributed by atoms with E-state index in [1.165, 1.54) is 0 Å². The number of rotatable bonds is 9. The number of hydrogen-bond acceptors (Lipinski definition) is 4. The van der Waals surface area contributed by atoms with Crippen LogP contribution < -0.4 is 20.3 Å². The quantitative estimate of drug-likeness (QED) is 0.314. The highest BCUT2D eigenvalue weighted by molar-refractivity contribution is 5.85. The van der Waals surface area contributed by atoms with Crippen LogP contribution in [0.25, 0.3) is 22.3 Å². The highest BCUT2D eigenvalue weighted by Gasteiger charge is 2.19. The third-order valence-electron chi connectivity index (χ3n) is 5.56. The van der Waals surface area contributed by atoms with Gasteiger partial charge in [-0.1, -0.05) is 97.9 Å². The number of ether oxygens (including phenoxy) is 2. The summed E-state index contributed by atoms with van der Waals surface area (Å²) in [6, 6.07) is 34.8. The molecule has 6 heteroatoms. The Labute approximate surface area is 210 Å². The van der Waals surface area contributed by atoms with E-state index in [9.17, 15) is 9.59 Å². The Morgan fingerprint density at radius 3 is 1.94 bits per heavy atom. The van der Waals surface area contributed by atoms with Crippen LogP contribution in [0.1, 0.15) is 13.3 Å². The van der Waals surface area contributed by atoms with Crippen LogP contribution in [0.5, 0.6) is 11.5 Å². The lowest BCUT2D eigenvalue weighted by Gasteiger charge is -2.18. The van der Waals surface area contributed by atoms with Gasteiger partial charge in [0.1, 0.15) is 11.5 Å². The molecule has 1 atom stereocenters. The molecule has 0 aliphatic carbocycles. The van der Waals surface area contributed by atoms with E-state index >= 15 is 0 Å². The first kappa shape index (κ1) is 24.5. The summed E-state index contributed by atoms with van der Waals surface area (Å²) < 4.78 is 11.6. The van der Waals surface area contributed by atoms with E-state index in [0.717, 1.165) is 22.3 Å². The van der Waals surface area contributed by atoms with E-state index in [-0.39, 0.29) is 6.61 Å². The molecule has 0 bridgehead atoms. The zero-order valence-electron chi connectivity index (χ0n) is 20.0. The molecule has 6 nitrogen and oxygen atoms in total. The average molecular weight is 481 g/mol. The molecule has 0 aliphatic heterocycles. The molecule has 0 heterocycles. The molecule has 2 N–H and O–H groups in total. The fourth-order valence-electron chi connectivity index (χ4n) is 3.68. The summed E-state index contributed by atoms with van der Waals surface area (Å²) in [4.78, 5) is 24.9. The van der Waals surface area contributed by atoms with Crippen LogP contribution in [0.2, 0.25) is 0 Å². The van der Waals surface area contributed by atoms with Gasteiger partial charge in [0.15, 0.2) is 12.7 Å². The van der Waals surface area contributed by atoms with Gasteiger partial charge in [0.25, 0.3) is 11.8 Å². The smallest absolute Gasteiger partial charge is 0.279 e. The predicted molar refractivity (Wildman–Crippen MR) is 140 cm³/mol. The summed E-state index contributed by atoms with van der Waals surface area (Å²) in [5.41, 5.74) is 8.86. The summed E-state index contributed by atoms with van der Waals surface area (Å²) >= 11 is 0. The van der Waals surface area contributed by atoms with Crippen molar-refractivity contribution < 1.29 is 19.1 Å². The summed E-state index contributed by atoms with van der Waals surface area (Å²) in [5.74, 6) is 0.235. The van der Waals surface area contributed by atoms with E-state index < -0.39 is 17.9 Å². The monoisotopic (exact) mass is 480 g/mol. The average Bonchev–Trinajstić information content (AvgIpc) is 2.95. The lowest BCUT2D eigenvalue weighted by molar-refractivity contribution is -0.134. The molecule has 1 unspecified atom stereocenters. The third kappa shape index (κ3) is 6.51. The highest BCUT2D eigenvalue weighted by atomic mass is 16.5. The molecule has 36 heavy (non-hydrogen) atoms. The summed E-state index contributed by atoms with van der Waals surface area (Å²) in [5, 5.41) is 0. The molecule has 0 aromatic heterocycles. The molecular formula is C30H28N2O4. The van der Waals surface area contributed by atoms with Gasteiger partial charge in [-0.2, -0.15) is 0 Å². The molecule has 0 saturated heterocycles. The van der Waals surface area contributed by atoms with Gasteiger partial charge in [-0.3, -0.25) is 20.4 Å². The second-order valence-electron chi connectivity index (χ2n) is 8.09. The van der Waals surface area contributed by atoms with Crippen LogP contribution in [0.15, 0.2) is 109 Å². The molecule has 0 saturated carbocycles. The number of amides is 2. The number of para-hydroxylation sites is 1. The SMILES string of the molecule is CCC(Oc1ccc(-c2ccccc2)cc1)C(=O)NNC(=O)COc1ccccc1-c1ccccc1. The molecular weight excluding hydrogens is 452 g/mol. The zero-order chi connectivity index (χ0) is 25.2. The van der Waals surface area contributed by atoms with Crippen LogP contribution in [-0.4, -0.2) is 24.5 Å². The normalized spacial score (nSPS) is 11.2. The topological polar surface area (TPSA) is 76.7 Å². The van der Waals surface area contributed by atoms with Gasteiger partial charge in [0, 0.05) is 5.56 Å². The second-order valence-corrected chi connectivity index (χ2v) is 8.09. The van der Waals surface area contributed by atoms with E-state index in [1.54, 1.807) is 6.07 Å². The highest BCUT2D eigenvalue weighted by Crippen LogP contribution is 2.29. The van der Waals surface area contributed by atoms with Crippen molar-refractivity contribution in [3.05, 3.63) is 109 Å². The lowest BCUT2D eigenvalue weighted by atomic mass is 10.1. The summed E-state index contributed by atoms with van der Waals surface area (Å²) in [6.07, 6.45) is -0.323. The van der Waals surface area contributed by atoms with Gasteiger partial charge >= 0.3 is 0 Å². The van der Waals surface area contributed by atoms with Gasteiger partial charge in [0.05, 0.1) is 0 Å². The Bertz CT molecular complexity index is 1280. The Morgan fingerprint density at radius 2 is 1.28 bits per heavy atom. The number of carbonyl (C=O) groups excluding carboxylic acids is 2. The van der Waals surface area contributed by atoms with E-state index in [0.29, 0.717) is 17.9 Å². The fraction of sp³-hybridized carbons (Fsp3) is 0.133. The second kappa shape index (κ2) is 12.2. The van der Waals surface area contributed by atoms with Gasteiger partial charge in [-0.15, -0.1) is 0 Å². The van der Waals surface area contributed by atoms with Crippen molar-refractivity contribution in [2.45, 2.75) is 19.4 Å². The molecule has 182 valence electrons. The Kier molecular flexibility index (Phi) is 8.33. The fourth-order valence-corrected chi connectivity index (χ4v) is 3.68. The van der Waals surface area contributed by atoms with E-state index in [1.807, 2.05) is 110 Å². The number of hydrogen-bond donors (Lipinski definition) is 2. The first-order chi connectivity index (χ1) is 17.6. The van der Waals surface area contributed by atoms with E-state index in [4.69, 9.17) is 9.47 Å². The van der Waals surface area contributed by atoms with Crippen molar-refractivity contribution in [2.24, 2.45) is 0 Å². The van der Waals surface area contributed by atoms with Gasteiger partial charge < -0.3 is 9.47 Å². The number of nitrogens with one attached hydrogen (secondary N) is 2. The van der Waals surface area contributed by atoms with Gasteiger partial charge in [0.2, 0.25) is 0 Å². The van der Waals surface area contributed by atoms with Crippen molar-refractivity contribution in [1.82, 2.24) is 10.9 Å². The molecule has 0 fully saturated rings. The number of benzene rings is 4. The first-order valence-electron chi connectivity index (χ1n) is 11.8. The molecule has 4 aromatic carbocycles. The maximum Gasteiger partial charge on any atom is 0.279 e. The van der Waals surface area contributed by atoms with Crippen LogP contribution in [-0.2, 0) is 9.59 Å². The minimum Gasteiger partial charge on any atom is -0.483 e. The van der Waals surface area contributed by atoms with E-state index in [2.05, 4.69) is 10.9 Å². The van der Waals surface area contributed by atoms with Crippen LogP contribution in [0.4, 0.5) is 0 Å². The molecule has 0 spiro atoms. The van der Waals surface area contributed by atoms with Crippen molar-refractivity contribution in [2.75, 3.05) is 6.61 Å². The van der Waals surface area contributed by atoms with Crippen molar-refractivity contribution in [1.29, 1.82) is 0 Å². The molecule has 4 aromatic rings. The predicted octanol–water partition coefficient (Wildman–Crippen LogP) is 5.40. The van der Waals surface area contributed by atoms with Crippen molar-refractivity contribution >= 4 is 11.8 Å². The molecule has 4 rings (SSSR count). The van der Waals surface area contributed by atoms with Gasteiger partial charge in [-0.25, -0.2) is 0 Å². The van der Waals surface area contributed by atoms with Crippen LogP contribution in [0.3, 0.4) is 0 Å². The molecule has 0 aliphatic rings. The zero-order valence-corrected chi connectivity index (χ0v) is 20.0. The van der Waals surface area contributed by atoms with Gasteiger partial charge in [-0.05, 0) is 41.3 Å². The maximum atomic E-state index is 12.6. The lowest BCUT2D eigenvalue weighted by Crippen LogP contribution is -2.49. The Balaban J connectivity index is 1.28. The number of carbonyl (C=O) groups is 2. The standard InChI is InChI=1S/C30H28N2O4/c1-2-27(36-25-19-17-23(18-20-25)22-11-5-3-6-12-22)30(34)32-31-29(33)21-35-28-16-10-9-15-26(28)24-13-7-4-8-14-24/h3-20,27H,2,21H2,1H3,(H,31,33)(H,32,34). The Morgan fingerprint density at radius 1 is 0.694 bits per heavy atom. The minimum atomic E-state index is -0.757. The maximum absolute atomic E-state index is 12.6. The number of hydrazine groups is 1. The largest absolute Gasteiger partial charge is 0.483 e. The molecule has 0 radical (unpaired) electrons. The summed E-state index contributed by atoms with van der Waals surface area (Å²) in [7, 11) is 0. The molecule has 2 amide bonds. The van der Waals surface area contributed by atoms with Crippen molar-refractivity contribution in [3.63, 3.8) is 0 Å². The van der Waals surface area contributed by atoms with Crippen LogP contribution >= 0.6 is 0 Å². The Hall–Kier alpha value is -4.58. The third-order valence-corrected chi connectivity index (χ3v) is 5.56. The van der Waals surface area contributed by atoms with Crippen LogP contribution in [0, 0.1) is 0 Å². The summed E-state index contributed by atoms with van der Waals surface area (Å²) in [6.45, 7) is 1.59. The van der Waals surface area contributed by atoms with Crippen molar-refractivity contribution in [3.8, 4) is 33.8 Å².